The molecule has 1 saturated heterocycles. The Hall–Kier alpha value is -4.22. The number of nitrogens with one attached hydrogen (secondary N) is 1. The lowest BCUT2D eigenvalue weighted by atomic mass is 9.74. The second-order valence-electron chi connectivity index (χ2n) is 9.76. The molecule has 1 aliphatic heterocycles. The zero-order valence-electron chi connectivity index (χ0n) is 21.7. The number of hydrogen-bond donors (Lipinski definition) is 2. The number of benzene rings is 3. The van der Waals surface area contributed by atoms with Crippen molar-refractivity contribution in [3.8, 4) is 12.1 Å². The fourth-order valence-electron chi connectivity index (χ4n) is 5.19. The minimum Gasteiger partial charge on any atom is -0.392 e. The molecule has 2 aliphatic rings. The average Bonchev–Trinajstić information content (AvgIpc) is 3.20. The number of alkyl halides is 1. The fraction of sp³-hybridized carbons (Fsp3) is 0.233. The van der Waals surface area contributed by atoms with Crippen LogP contribution >= 0.6 is 24.4 Å². The maximum atomic E-state index is 13.5. The van der Waals surface area contributed by atoms with E-state index < -0.39 is 12.2 Å². The van der Waals surface area contributed by atoms with Crippen molar-refractivity contribution in [3.05, 3.63) is 88.5 Å². The van der Waals surface area contributed by atoms with E-state index in [0.717, 1.165) is 41.8 Å². The van der Waals surface area contributed by atoms with Gasteiger partial charge in [0.05, 0.1) is 29.9 Å². The number of nitrogens with zero attached hydrogens (tertiary/aromatic N) is 5. The lowest BCUT2D eigenvalue weighted by molar-refractivity contribution is 0.282. The minimum atomic E-state index is -0.771. The van der Waals surface area contributed by atoms with Gasteiger partial charge in [-0.15, -0.1) is 0 Å². The number of aliphatic imine (C=N–C) groups is 1. The third-order valence-electron chi connectivity index (χ3n) is 7.41. The van der Waals surface area contributed by atoms with Gasteiger partial charge in [0, 0.05) is 22.6 Å². The number of hydrogen-bond acceptors (Lipinski definition) is 5. The summed E-state index contributed by atoms with van der Waals surface area (Å²) < 4.78 is 13.5. The Kier molecular flexibility index (Phi) is 7.59. The Bertz CT molecular complexity index is 1620. The zero-order chi connectivity index (χ0) is 28.4. The molecular weight excluding hydrogens is 544 g/mol. The molecule has 0 atom stereocenters. The summed E-state index contributed by atoms with van der Waals surface area (Å²) in [7, 11) is 0. The van der Waals surface area contributed by atoms with Gasteiger partial charge < -0.3 is 15.3 Å². The summed E-state index contributed by atoms with van der Waals surface area (Å²) in [6.07, 6.45) is 2.57. The van der Waals surface area contributed by atoms with E-state index in [1.165, 1.54) is 0 Å². The molecule has 3 aromatic rings. The largest absolute Gasteiger partial charge is 0.392 e. The van der Waals surface area contributed by atoms with Crippen molar-refractivity contribution in [1.82, 2.24) is 0 Å². The highest BCUT2D eigenvalue weighted by Crippen LogP contribution is 2.48. The molecule has 1 spiro atoms. The molecule has 1 saturated carbocycles. The number of aryl methyl sites for hydroxylation is 1. The van der Waals surface area contributed by atoms with Crippen LogP contribution in [0.1, 0.15) is 47.1 Å². The van der Waals surface area contributed by atoms with Crippen molar-refractivity contribution in [1.29, 1.82) is 10.5 Å². The van der Waals surface area contributed by atoms with E-state index in [1.54, 1.807) is 24.3 Å². The van der Waals surface area contributed by atoms with Crippen LogP contribution in [0, 0.1) is 29.6 Å². The highest BCUT2D eigenvalue weighted by atomic mass is 32.1. The Morgan fingerprint density at radius 3 is 2.30 bits per heavy atom. The first kappa shape index (κ1) is 27.4. The van der Waals surface area contributed by atoms with Gasteiger partial charge in [-0.3, -0.25) is 4.90 Å². The second kappa shape index (κ2) is 11.1. The topological polar surface area (TPSA) is 98.7 Å². The van der Waals surface area contributed by atoms with E-state index in [-0.39, 0.29) is 22.8 Å². The third-order valence-corrected chi connectivity index (χ3v) is 7.97. The van der Waals surface area contributed by atoms with Crippen LogP contribution in [0.4, 0.5) is 21.5 Å². The molecule has 2 N–H and O–H groups in total. The van der Waals surface area contributed by atoms with Gasteiger partial charge in [-0.25, -0.2) is 9.38 Å². The zero-order valence-corrected chi connectivity index (χ0v) is 23.3. The van der Waals surface area contributed by atoms with Crippen LogP contribution in [0.2, 0.25) is 0 Å². The SMILES string of the molecule is Cc1cc(N2C(=S)N(c3ccc(CO)cc3)C3(CCC3)C2=NC(=S)Nc2ccc(C#N)c(CF)c2)ccc1C#N. The highest BCUT2D eigenvalue weighted by Gasteiger charge is 2.58. The van der Waals surface area contributed by atoms with Crippen LogP contribution in [0.25, 0.3) is 0 Å². The molecule has 3 aromatic carbocycles. The van der Waals surface area contributed by atoms with Gasteiger partial charge >= 0.3 is 0 Å². The smallest absolute Gasteiger partial charge is 0.199 e. The minimum absolute atomic E-state index is 0.0569. The number of rotatable bonds is 5. The molecule has 0 radical (unpaired) electrons. The van der Waals surface area contributed by atoms with Crippen LogP contribution in [0.3, 0.4) is 0 Å². The van der Waals surface area contributed by atoms with E-state index in [2.05, 4.69) is 16.3 Å². The van der Waals surface area contributed by atoms with Crippen molar-refractivity contribution in [3.63, 3.8) is 0 Å². The summed E-state index contributed by atoms with van der Waals surface area (Å²) in [5.41, 5.74) is 4.35. The van der Waals surface area contributed by atoms with E-state index in [4.69, 9.17) is 29.4 Å². The van der Waals surface area contributed by atoms with Gasteiger partial charge in [0.1, 0.15) is 18.0 Å². The van der Waals surface area contributed by atoms with Crippen LogP contribution in [-0.2, 0) is 13.3 Å². The second-order valence-corrected chi connectivity index (χ2v) is 10.5. The third kappa shape index (κ3) is 4.71. The molecular formula is C30H25FN6OS2. The summed E-state index contributed by atoms with van der Waals surface area (Å²) >= 11 is 11.7. The van der Waals surface area contributed by atoms with E-state index in [1.807, 2.05) is 54.3 Å². The van der Waals surface area contributed by atoms with Crippen molar-refractivity contribution in [2.24, 2.45) is 4.99 Å². The Morgan fingerprint density at radius 2 is 1.73 bits per heavy atom. The van der Waals surface area contributed by atoms with Crippen LogP contribution in [0.5, 0.6) is 0 Å². The van der Waals surface area contributed by atoms with Gasteiger partial charge in [-0.1, -0.05) is 12.1 Å². The van der Waals surface area contributed by atoms with Crippen molar-refractivity contribution >= 4 is 57.6 Å². The van der Waals surface area contributed by atoms with Gasteiger partial charge in [0.25, 0.3) is 0 Å². The number of aliphatic hydroxyl groups excluding tert-OH is 1. The van der Waals surface area contributed by atoms with E-state index >= 15 is 0 Å². The van der Waals surface area contributed by atoms with Crippen molar-refractivity contribution < 1.29 is 9.50 Å². The first-order valence-electron chi connectivity index (χ1n) is 12.7. The molecule has 200 valence electrons. The lowest BCUT2D eigenvalue weighted by Gasteiger charge is -2.44. The van der Waals surface area contributed by atoms with Gasteiger partial charge in [-0.2, -0.15) is 10.5 Å². The first-order valence-corrected chi connectivity index (χ1v) is 13.5. The highest BCUT2D eigenvalue weighted by molar-refractivity contribution is 7.81. The first-order chi connectivity index (χ1) is 19.3. The van der Waals surface area contributed by atoms with Crippen molar-refractivity contribution in [2.45, 2.75) is 45.0 Å². The maximum absolute atomic E-state index is 13.5. The number of aliphatic hydroxyl groups is 1. The van der Waals surface area contributed by atoms with Gasteiger partial charge in [-0.05, 0) is 110 Å². The monoisotopic (exact) mass is 568 g/mol. The molecule has 1 heterocycles. The molecule has 7 nitrogen and oxygen atoms in total. The summed E-state index contributed by atoms with van der Waals surface area (Å²) in [4.78, 5) is 8.91. The Morgan fingerprint density at radius 1 is 1.05 bits per heavy atom. The van der Waals surface area contributed by atoms with Crippen molar-refractivity contribution in [2.75, 3.05) is 15.1 Å². The predicted molar refractivity (Wildman–Crippen MR) is 162 cm³/mol. The molecule has 5 rings (SSSR count). The maximum Gasteiger partial charge on any atom is 0.199 e. The quantitative estimate of drug-likeness (QED) is 0.360. The van der Waals surface area contributed by atoms with Crippen LogP contribution in [-0.4, -0.2) is 26.7 Å². The molecule has 10 heteroatoms. The molecule has 40 heavy (non-hydrogen) atoms. The molecule has 0 aromatic heterocycles. The summed E-state index contributed by atoms with van der Waals surface area (Å²) in [5, 5.41) is 32.0. The number of anilines is 3. The Balaban J connectivity index is 1.60. The lowest BCUT2D eigenvalue weighted by Crippen LogP contribution is -2.55. The Labute approximate surface area is 242 Å². The fourth-order valence-corrected chi connectivity index (χ4v) is 5.86. The number of thiocarbonyl (C=S) groups is 2. The summed E-state index contributed by atoms with van der Waals surface area (Å²) in [6, 6.07) is 22.1. The number of halogens is 1. The predicted octanol–water partition coefficient (Wildman–Crippen LogP) is 6.03. The van der Waals surface area contributed by atoms with Crippen LogP contribution < -0.4 is 15.1 Å². The molecule has 1 aliphatic carbocycles. The summed E-state index contributed by atoms with van der Waals surface area (Å²) in [6.45, 7) is 1.05. The summed E-state index contributed by atoms with van der Waals surface area (Å²) in [5.74, 6) is 0.663. The molecule has 0 unspecified atom stereocenters. The van der Waals surface area contributed by atoms with Gasteiger partial charge in [0.2, 0.25) is 0 Å². The molecule has 0 amide bonds. The molecule has 0 bridgehead atoms. The molecule has 2 fully saturated rings. The average molecular weight is 569 g/mol. The van der Waals surface area contributed by atoms with Crippen LogP contribution in [0.15, 0.2) is 65.7 Å². The van der Waals surface area contributed by atoms with Gasteiger partial charge in [0.15, 0.2) is 10.2 Å². The number of amidine groups is 1. The van der Waals surface area contributed by atoms with E-state index in [0.29, 0.717) is 22.2 Å². The standard InChI is InChI=1S/C30H25FN6OS2/c1-19-13-26(10-6-21(19)16-32)36-27(35-28(39)34-24-7-5-22(17-33)23(14-24)15-31)30(11-2-12-30)37(29(36)40)25-8-3-20(18-38)4-9-25/h3-10,13-14,38H,2,11-12,15,18H2,1H3,(H,34,39). The number of nitriles is 2. The van der Waals surface area contributed by atoms with E-state index in [9.17, 15) is 20.0 Å². The normalized spacial score (nSPS) is 16.5.